The fourth-order valence-electron chi connectivity index (χ4n) is 1.70. The Kier molecular flexibility index (Phi) is 5.78. The SMILES string of the molecule is CC(C)COc1cc(NC(=O)Nc2ccn(CC(F)(F)F)n2)ncn1. The van der Waals surface area contributed by atoms with Crippen molar-refractivity contribution in [1.29, 1.82) is 0 Å². The molecule has 2 amide bonds. The zero-order chi connectivity index (χ0) is 18.4. The number of hydrogen-bond donors (Lipinski definition) is 2. The molecule has 136 valence electrons. The normalized spacial score (nSPS) is 11.4. The second-order valence-corrected chi connectivity index (χ2v) is 5.54. The highest BCUT2D eigenvalue weighted by atomic mass is 19.4. The van der Waals surface area contributed by atoms with Crippen molar-refractivity contribution < 1.29 is 22.7 Å². The lowest BCUT2D eigenvalue weighted by Gasteiger charge is -2.09. The van der Waals surface area contributed by atoms with Crippen LogP contribution in [0, 0.1) is 5.92 Å². The summed E-state index contributed by atoms with van der Waals surface area (Å²) in [5.74, 6) is 0.767. The first kappa shape index (κ1) is 18.5. The van der Waals surface area contributed by atoms with Crippen LogP contribution in [-0.2, 0) is 6.54 Å². The number of carbonyl (C=O) groups excluding carboxylic acids is 1. The molecular weight excluding hydrogens is 341 g/mol. The van der Waals surface area contributed by atoms with Crippen molar-refractivity contribution in [2.24, 2.45) is 5.92 Å². The molecule has 2 heterocycles. The van der Waals surface area contributed by atoms with Crippen molar-refractivity contribution in [3.8, 4) is 5.88 Å². The third kappa shape index (κ3) is 6.65. The summed E-state index contributed by atoms with van der Waals surface area (Å²) in [6.45, 7) is 3.18. The molecule has 0 spiro atoms. The molecule has 8 nitrogen and oxygen atoms in total. The predicted octanol–water partition coefficient (Wildman–Crippen LogP) is 2.91. The van der Waals surface area contributed by atoms with E-state index in [1.54, 1.807) is 0 Å². The van der Waals surface area contributed by atoms with Crippen LogP contribution in [0.2, 0.25) is 0 Å². The highest BCUT2D eigenvalue weighted by molar-refractivity contribution is 5.98. The summed E-state index contributed by atoms with van der Waals surface area (Å²) in [5, 5.41) is 8.35. The molecule has 2 aromatic rings. The molecule has 0 unspecified atom stereocenters. The van der Waals surface area contributed by atoms with E-state index in [0.717, 1.165) is 6.20 Å². The van der Waals surface area contributed by atoms with Crippen LogP contribution in [-0.4, -0.2) is 38.6 Å². The van der Waals surface area contributed by atoms with Crippen LogP contribution in [0.5, 0.6) is 5.88 Å². The van der Waals surface area contributed by atoms with E-state index >= 15 is 0 Å². The Bertz CT molecular complexity index is 717. The minimum Gasteiger partial charge on any atom is -0.477 e. The van der Waals surface area contributed by atoms with Crippen LogP contribution < -0.4 is 15.4 Å². The zero-order valence-electron chi connectivity index (χ0n) is 13.5. The molecule has 11 heteroatoms. The van der Waals surface area contributed by atoms with E-state index in [1.165, 1.54) is 18.5 Å². The summed E-state index contributed by atoms with van der Waals surface area (Å²) < 4.78 is 42.9. The van der Waals surface area contributed by atoms with Gasteiger partial charge in [0, 0.05) is 18.3 Å². The Balaban J connectivity index is 1.91. The van der Waals surface area contributed by atoms with E-state index in [1.807, 2.05) is 13.8 Å². The van der Waals surface area contributed by atoms with Gasteiger partial charge in [-0.05, 0) is 5.92 Å². The minimum absolute atomic E-state index is 0.0212. The van der Waals surface area contributed by atoms with Crippen molar-refractivity contribution in [3.05, 3.63) is 24.7 Å². The van der Waals surface area contributed by atoms with Gasteiger partial charge < -0.3 is 4.74 Å². The zero-order valence-corrected chi connectivity index (χ0v) is 13.5. The summed E-state index contributed by atoms with van der Waals surface area (Å²) in [6.07, 6.45) is -2.05. The first-order valence-corrected chi connectivity index (χ1v) is 7.34. The van der Waals surface area contributed by atoms with Crippen molar-refractivity contribution >= 4 is 17.7 Å². The van der Waals surface area contributed by atoms with Crippen molar-refractivity contribution in [3.63, 3.8) is 0 Å². The van der Waals surface area contributed by atoms with Gasteiger partial charge in [-0.1, -0.05) is 13.8 Å². The van der Waals surface area contributed by atoms with E-state index in [0.29, 0.717) is 23.1 Å². The average molecular weight is 358 g/mol. The Morgan fingerprint density at radius 1 is 1.28 bits per heavy atom. The van der Waals surface area contributed by atoms with Crippen molar-refractivity contribution in [2.45, 2.75) is 26.6 Å². The van der Waals surface area contributed by atoms with Crippen LogP contribution in [0.3, 0.4) is 0 Å². The molecule has 0 saturated carbocycles. The summed E-state index contributed by atoms with van der Waals surface area (Å²) >= 11 is 0. The lowest BCUT2D eigenvalue weighted by atomic mass is 10.2. The Labute approximate surface area is 141 Å². The van der Waals surface area contributed by atoms with Gasteiger partial charge in [0.2, 0.25) is 5.88 Å². The maximum absolute atomic E-state index is 12.3. The van der Waals surface area contributed by atoms with Crippen molar-refractivity contribution in [2.75, 3.05) is 17.2 Å². The van der Waals surface area contributed by atoms with Gasteiger partial charge in [0.15, 0.2) is 5.82 Å². The van der Waals surface area contributed by atoms with Crippen molar-refractivity contribution in [1.82, 2.24) is 19.7 Å². The Hall–Kier alpha value is -2.85. The molecule has 2 N–H and O–H groups in total. The highest BCUT2D eigenvalue weighted by Crippen LogP contribution is 2.18. The molecule has 0 bridgehead atoms. The van der Waals surface area contributed by atoms with Crippen LogP contribution in [0.15, 0.2) is 24.7 Å². The maximum Gasteiger partial charge on any atom is 0.408 e. The van der Waals surface area contributed by atoms with Crippen LogP contribution in [0.4, 0.5) is 29.6 Å². The molecule has 25 heavy (non-hydrogen) atoms. The van der Waals surface area contributed by atoms with E-state index in [9.17, 15) is 18.0 Å². The number of rotatable bonds is 6. The molecule has 0 radical (unpaired) electrons. The van der Waals surface area contributed by atoms with Gasteiger partial charge in [-0.25, -0.2) is 14.8 Å². The number of nitrogens with zero attached hydrogens (tertiary/aromatic N) is 4. The number of urea groups is 1. The van der Waals surface area contributed by atoms with E-state index in [2.05, 4.69) is 25.7 Å². The molecule has 2 rings (SSSR count). The Morgan fingerprint density at radius 3 is 2.68 bits per heavy atom. The minimum atomic E-state index is -4.39. The monoisotopic (exact) mass is 358 g/mol. The number of alkyl halides is 3. The lowest BCUT2D eigenvalue weighted by molar-refractivity contribution is -0.142. The number of amides is 2. The Morgan fingerprint density at radius 2 is 2.00 bits per heavy atom. The fourth-order valence-corrected chi connectivity index (χ4v) is 1.70. The number of carbonyl (C=O) groups is 1. The number of hydrogen-bond acceptors (Lipinski definition) is 5. The molecule has 2 aromatic heterocycles. The summed E-state index contributed by atoms with van der Waals surface area (Å²) in [6, 6.07) is 1.98. The summed E-state index contributed by atoms with van der Waals surface area (Å²) in [5.41, 5.74) is 0. The molecule has 0 fully saturated rings. The third-order valence-corrected chi connectivity index (χ3v) is 2.67. The standard InChI is InChI=1S/C14H17F3N6O2/c1-9(2)6-25-12-5-11(18-8-19-12)21-13(24)20-10-3-4-23(22-10)7-14(15,16)17/h3-5,8-9H,6-7H2,1-2H3,(H2,18,19,20,21,22,24). The number of aromatic nitrogens is 4. The van der Waals surface area contributed by atoms with Crippen LogP contribution in [0.25, 0.3) is 0 Å². The van der Waals surface area contributed by atoms with Gasteiger partial charge in [-0.3, -0.25) is 15.3 Å². The van der Waals surface area contributed by atoms with Gasteiger partial charge >= 0.3 is 12.2 Å². The lowest BCUT2D eigenvalue weighted by Crippen LogP contribution is -2.21. The molecular formula is C14H17F3N6O2. The number of nitrogens with one attached hydrogen (secondary N) is 2. The van der Waals surface area contributed by atoms with Gasteiger partial charge in [0.05, 0.1) is 6.61 Å². The smallest absolute Gasteiger partial charge is 0.408 e. The molecule has 0 aromatic carbocycles. The molecule has 0 aliphatic heterocycles. The molecule has 0 saturated heterocycles. The first-order chi connectivity index (χ1) is 11.7. The predicted molar refractivity (Wildman–Crippen MR) is 83.3 cm³/mol. The second kappa shape index (κ2) is 7.81. The van der Waals surface area contributed by atoms with E-state index in [4.69, 9.17) is 4.74 Å². The number of ether oxygens (including phenoxy) is 1. The third-order valence-electron chi connectivity index (χ3n) is 2.67. The number of anilines is 2. The van der Waals surface area contributed by atoms with Crippen LogP contribution in [0.1, 0.15) is 13.8 Å². The van der Waals surface area contributed by atoms with Gasteiger partial charge in [-0.15, -0.1) is 0 Å². The summed E-state index contributed by atoms with van der Waals surface area (Å²) in [4.78, 5) is 19.6. The first-order valence-electron chi connectivity index (χ1n) is 7.34. The molecule has 0 aliphatic carbocycles. The second-order valence-electron chi connectivity index (χ2n) is 5.54. The topological polar surface area (TPSA) is 94.0 Å². The fraction of sp³-hybridized carbons (Fsp3) is 0.429. The quantitative estimate of drug-likeness (QED) is 0.828. The summed E-state index contributed by atoms with van der Waals surface area (Å²) in [7, 11) is 0. The van der Waals surface area contributed by atoms with E-state index in [-0.39, 0.29) is 11.6 Å². The van der Waals surface area contributed by atoms with Gasteiger partial charge in [0.1, 0.15) is 18.7 Å². The average Bonchev–Trinajstić information content (AvgIpc) is 2.90. The van der Waals surface area contributed by atoms with Gasteiger partial charge in [0.25, 0.3) is 0 Å². The highest BCUT2D eigenvalue weighted by Gasteiger charge is 2.28. The largest absolute Gasteiger partial charge is 0.477 e. The molecule has 0 aliphatic rings. The molecule has 0 atom stereocenters. The number of halogens is 3. The van der Waals surface area contributed by atoms with E-state index < -0.39 is 18.8 Å². The van der Waals surface area contributed by atoms with Crippen LogP contribution >= 0.6 is 0 Å². The van der Waals surface area contributed by atoms with Gasteiger partial charge in [-0.2, -0.15) is 18.3 Å². The maximum atomic E-state index is 12.3.